The predicted octanol–water partition coefficient (Wildman–Crippen LogP) is 2.98. The molecule has 2 fully saturated rings. The van der Waals surface area contributed by atoms with Gasteiger partial charge in [-0.25, -0.2) is 0 Å². The first-order chi connectivity index (χ1) is 8.56. The van der Waals surface area contributed by atoms with Gasteiger partial charge in [-0.1, -0.05) is 17.6 Å². The summed E-state index contributed by atoms with van der Waals surface area (Å²) in [6.45, 7) is 0. The van der Waals surface area contributed by atoms with Gasteiger partial charge in [-0.15, -0.1) is 0 Å². The molecule has 2 N–H and O–H groups in total. The minimum Gasteiger partial charge on any atom is -0.480 e. The van der Waals surface area contributed by atoms with Gasteiger partial charge in [0, 0.05) is 0 Å². The maximum absolute atomic E-state index is 11.2. The number of hydrogen-bond acceptors (Lipinski definition) is 2. The van der Waals surface area contributed by atoms with Crippen LogP contribution in [0.2, 0.25) is 0 Å². The molecule has 0 radical (unpaired) electrons. The summed E-state index contributed by atoms with van der Waals surface area (Å²) in [4.78, 5) is 22.4. The summed E-state index contributed by atoms with van der Waals surface area (Å²) in [5.74, 6) is -2.36. The van der Waals surface area contributed by atoms with Crippen molar-refractivity contribution in [3.8, 4) is 0 Å². The fourth-order valence-electron chi connectivity index (χ4n) is 3.18. The molecule has 0 aromatic rings. The van der Waals surface area contributed by atoms with E-state index in [-0.39, 0.29) is 12.8 Å². The first-order valence-corrected chi connectivity index (χ1v) is 6.73. The first-order valence-electron chi connectivity index (χ1n) is 6.73. The van der Waals surface area contributed by atoms with E-state index in [1.54, 1.807) is 0 Å². The minimum atomic E-state index is -1.54. The Bertz CT molecular complexity index is 361. The molecule has 0 unspecified atom stereocenters. The van der Waals surface area contributed by atoms with Gasteiger partial charge in [-0.3, -0.25) is 9.59 Å². The molecule has 0 aromatic carbocycles. The fourth-order valence-corrected chi connectivity index (χ4v) is 3.18. The summed E-state index contributed by atoms with van der Waals surface area (Å²) < 4.78 is 0. The van der Waals surface area contributed by atoms with E-state index in [1.165, 1.54) is 30.4 Å². The van der Waals surface area contributed by atoms with Gasteiger partial charge in [0.1, 0.15) is 0 Å². The van der Waals surface area contributed by atoms with Crippen LogP contribution in [0.4, 0.5) is 0 Å². The van der Waals surface area contributed by atoms with Crippen LogP contribution in [0.15, 0.2) is 11.1 Å². The average molecular weight is 252 g/mol. The topological polar surface area (TPSA) is 74.6 Å². The number of carboxylic acid groups (broad SMARTS) is 2. The quantitative estimate of drug-likeness (QED) is 0.585. The third-order valence-corrected chi connectivity index (χ3v) is 4.48. The number of aliphatic carboxylic acids is 2. The molecule has 4 nitrogen and oxygen atoms in total. The number of allylic oxidation sites excluding steroid dienone is 2. The lowest BCUT2D eigenvalue weighted by Gasteiger charge is -2.32. The smallest absolute Gasteiger partial charge is 0.321 e. The second-order valence-electron chi connectivity index (χ2n) is 5.46. The lowest BCUT2D eigenvalue weighted by atomic mass is 9.70. The van der Waals surface area contributed by atoms with Crippen molar-refractivity contribution in [3.05, 3.63) is 11.1 Å². The van der Waals surface area contributed by atoms with Crippen molar-refractivity contribution < 1.29 is 19.8 Å². The van der Waals surface area contributed by atoms with Crippen molar-refractivity contribution in [1.82, 2.24) is 0 Å². The molecule has 0 saturated heterocycles. The maximum Gasteiger partial charge on any atom is 0.321 e. The van der Waals surface area contributed by atoms with Gasteiger partial charge in [0.15, 0.2) is 5.41 Å². The Balaban J connectivity index is 2.11. The summed E-state index contributed by atoms with van der Waals surface area (Å²) in [7, 11) is 0. The zero-order valence-corrected chi connectivity index (χ0v) is 10.6. The van der Waals surface area contributed by atoms with Gasteiger partial charge >= 0.3 is 11.9 Å². The fraction of sp³-hybridized carbons (Fsp3) is 0.714. The zero-order chi connectivity index (χ0) is 13.2. The molecule has 0 atom stereocenters. The van der Waals surface area contributed by atoms with E-state index < -0.39 is 17.4 Å². The number of rotatable bonds is 2. The number of carbonyl (C=O) groups is 2. The molecule has 0 spiro atoms. The lowest BCUT2D eigenvalue weighted by molar-refractivity contribution is -0.166. The van der Waals surface area contributed by atoms with E-state index in [1.807, 2.05) is 0 Å². The van der Waals surface area contributed by atoms with E-state index in [2.05, 4.69) is 0 Å². The van der Waals surface area contributed by atoms with Crippen molar-refractivity contribution >= 4 is 11.9 Å². The monoisotopic (exact) mass is 252 g/mol. The van der Waals surface area contributed by atoms with Crippen molar-refractivity contribution in [1.29, 1.82) is 0 Å². The van der Waals surface area contributed by atoms with Crippen LogP contribution in [0.5, 0.6) is 0 Å². The highest BCUT2D eigenvalue weighted by molar-refractivity contribution is 5.98. The molecule has 100 valence electrons. The SMILES string of the molecule is O=C(O)C1(C(=O)O)CCC(=C2CCCCC2)CC1. The highest BCUT2D eigenvalue weighted by atomic mass is 16.4. The van der Waals surface area contributed by atoms with Gasteiger partial charge in [0.05, 0.1) is 0 Å². The van der Waals surface area contributed by atoms with Gasteiger partial charge in [-0.2, -0.15) is 0 Å². The molecular weight excluding hydrogens is 232 g/mol. The zero-order valence-electron chi connectivity index (χ0n) is 10.6. The Labute approximate surface area is 107 Å². The summed E-state index contributed by atoms with van der Waals surface area (Å²) in [5.41, 5.74) is 1.28. The number of carboxylic acids is 2. The Hall–Kier alpha value is -1.32. The molecule has 0 aromatic heterocycles. The molecule has 0 bridgehead atoms. The van der Waals surface area contributed by atoms with Crippen LogP contribution in [0.1, 0.15) is 57.8 Å². The van der Waals surface area contributed by atoms with Crippen LogP contribution in [-0.4, -0.2) is 22.2 Å². The summed E-state index contributed by atoms with van der Waals surface area (Å²) >= 11 is 0. The molecule has 2 rings (SSSR count). The average Bonchev–Trinajstić information content (AvgIpc) is 2.39. The second-order valence-corrected chi connectivity index (χ2v) is 5.46. The Morgan fingerprint density at radius 1 is 0.778 bits per heavy atom. The van der Waals surface area contributed by atoms with E-state index in [0.29, 0.717) is 12.8 Å². The van der Waals surface area contributed by atoms with Crippen molar-refractivity contribution in [2.24, 2.45) is 5.41 Å². The van der Waals surface area contributed by atoms with Gasteiger partial charge in [0.25, 0.3) is 0 Å². The molecule has 2 aliphatic rings. The van der Waals surface area contributed by atoms with Gasteiger partial charge in [0.2, 0.25) is 0 Å². The molecule has 2 saturated carbocycles. The highest BCUT2D eigenvalue weighted by Crippen LogP contribution is 2.42. The van der Waals surface area contributed by atoms with Crippen LogP contribution in [-0.2, 0) is 9.59 Å². The van der Waals surface area contributed by atoms with E-state index >= 15 is 0 Å². The highest BCUT2D eigenvalue weighted by Gasteiger charge is 2.48. The first kappa shape index (κ1) is 13.1. The standard InChI is InChI=1S/C14H20O4/c15-12(16)14(13(17)18)8-6-11(7-9-14)10-4-2-1-3-5-10/h1-9H2,(H,15,16)(H,17,18). The predicted molar refractivity (Wildman–Crippen MR) is 66.3 cm³/mol. The Morgan fingerprint density at radius 2 is 1.22 bits per heavy atom. The molecular formula is C14H20O4. The summed E-state index contributed by atoms with van der Waals surface area (Å²) in [5, 5.41) is 18.3. The van der Waals surface area contributed by atoms with Crippen LogP contribution >= 0.6 is 0 Å². The van der Waals surface area contributed by atoms with Crippen LogP contribution in [0.25, 0.3) is 0 Å². The van der Waals surface area contributed by atoms with Crippen molar-refractivity contribution in [2.75, 3.05) is 0 Å². The minimum absolute atomic E-state index is 0.247. The van der Waals surface area contributed by atoms with Gasteiger partial charge in [-0.05, 0) is 51.4 Å². The molecule has 0 aliphatic heterocycles. The lowest BCUT2D eigenvalue weighted by Crippen LogP contribution is -2.41. The summed E-state index contributed by atoms with van der Waals surface area (Å²) in [6.07, 6.45) is 7.77. The Kier molecular flexibility index (Phi) is 3.73. The van der Waals surface area contributed by atoms with E-state index in [4.69, 9.17) is 10.2 Å². The van der Waals surface area contributed by atoms with Gasteiger partial charge < -0.3 is 10.2 Å². The van der Waals surface area contributed by atoms with Crippen LogP contribution < -0.4 is 0 Å². The molecule has 18 heavy (non-hydrogen) atoms. The number of hydrogen-bond donors (Lipinski definition) is 2. The van der Waals surface area contributed by atoms with E-state index in [0.717, 1.165) is 12.8 Å². The van der Waals surface area contributed by atoms with Crippen molar-refractivity contribution in [2.45, 2.75) is 57.8 Å². The maximum atomic E-state index is 11.2. The third-order valence-electron chi connectivity index (χ3n) is 4.48. The second kappa shape index (κ2) is 5.12. The normalized spacial score (nSPS) is 23.8. The molecule has 0 heterocycles. The Morgan fingerprint density at radius 3 is 1.67 bits per heavy atom. The summed E-state index contributed by atoms with van der Waals surface area (Å²) in [6, 6.07) is 0. The molecule has 0 amide bonds. The molecule has 4 heteroatoms. The largest absolute Gasteiger partial charge is 0.480 e. The molecule has 2 aliphatic carbocycles. The van der Waals surface area contributed by atoms with E-state index in [9.17, 15) is 9.59 Å². The van der Waals surface area contributed by atoms with Crippen LogP contribution in [0.3, 0.4) is 0 Å². The van der Waals surface area contributed by atoms with Crippen molar-refractivity contribution in [3.63, 3.8) is 0 Å². The third kappa shape index (κ3) is 2.28. The van der Waals surface area contributed by atoms with Crippen LogP contribution in [0, 0.1) is 5.41 Å².